The van der Waals surface area contributed by atoms with E-state index in [1.54, 1.807) is 10.7 Å². The Morgan fingerprint density at radius 3 is 2.40 bits per heavy atom. The molecular formula is C31H37FN6O3S. The molecule has 0 aliphatic carbocycles. The van der Waals surface area contributed by atoms with Gasteiger partial charge in [0.25, 0.3) is 0 Å². The molecule has 11 heteroatoms. The monoisotopic (exact) mass is 592 g/mol. The topological polar surface area (TPSA) is 84.1 Å². The van der Waals surface area contributed by atoms with E-state index in [9.17, 15) is 12.8 Å². The predicted molar refractivity (Wildman–Crippen MR) is 163 cm³/mol. The molecule has 2 aromatic carbocycles. The van der Waals surface area contributed by atoms with Gasteiger partial charge in [0, 0.05) is 43.0 Å². The number of aromatic nitrogens is 2. The minimum Gasteiger partial charge on any atom is -0.489 e. The first kappa shape index (κ1) is 28.5. The number of benzene rings is 2. The van der Waals surface area contributed by atoms with Crippen molar-refractivity contribution in [2.75, 3.05) is 61.0 Å². The van der Waals surface area contributed by atoms with Crippen LogP contribution in [0.2, 0.25) is 0 Å². The molecule has 0 radical (unpaired) electrons. The van der Waals surface area contributed by atoms with Gasteiger partial charge in [0.1, 0.15) is 23.1 Å². The van der Waals surface area contributed by atoms with E-state index < -0.39 is 15.7 Å². The summed E-state index contributed by atoms with van der Waals surface area (Å²) in [6.45, 7) is 16.3. The molecule has 2 bridgehead atoms. The van der Waals surface area contributed by atoms with Gasteiger partial charge in [0.05, 0.1) is 29.9 Å². The van der Waals surface area contributed by atoms with Crippen LogP contribution < -0.4 is 15.0 Å². The van der Waals surface area contributed by atoms with Crippen LogP contribution in [0.5, 0.6) is 5.75 Å². The number of hydrogen-bond acceptors (Lipinski definition) is 7. The zero-order valence-corrected chi connectivity index (χ0v) is 25.0. The van der Waals surface area contributed by atoms with Crippen LogP contribution >= 0.6 is 0 Å². The van der Waals surface area contributed by atoms with Gasteiger partial charge < -0.3 is 19.9 Å². The van der Waals surface area contributed by atoms with E-state index in [2.05, 4.69) is 20.0 Å². The highest BCUT2D eigenvalue weighted by Crippen LogP contribution is 2.41. The van der Waals surface area contributed by atoms with Crippen molar-refractivity contribution in [3.8, 4) is 22.7 Å². The third kappa shape index (κ3) is 5.83. The molecule has 5 heterocycles. The smallest absolute Gasteiger partial charge is 0.222 e. The molecule has 1 aromatic heterocycles. The molecule has 4 aliphatic rings. The van der Waals surface area contributed by atoms with Gasteiger partial charge >= 0.3 is 0 Å². The Kier molecular flexibility index (Phi) is 7.62. The van der Waals surface area contributed by atoms with E-state index in [-0.39, 0.29) is 28.7 Å². The number of nitrogens with one attached hydrogen (secondary N) is 1. The Hall–Kier alpha value is -3.62. The lowest BCUT2D eigenvalue weighted by Crippen LogP contribution is -2.50. The van der Waals surface area contributed by atoms with Gasteiger partial charge in [-0.25, -0.2) is 22.3 Å². The van der Waals surface area contributed by atoms with Gasteiger partial charge in [0.15, 0.2) is 9.84 Å². The second-order valence-electron chi connectivity index (χ2n) is 12.0. The van der Waals surface area contributed by atoms with Crippen molar-refractivity contribution in [1.82, 2.24) is 14.7 Å². The third-order valence-electron chi connectivity index (χ3n) is 8.84. The van der Waals surface area contributed by atoms with Gasteiger partial charge in [-0.15, -0.1) is 5.10 Å². The summed E-state index contributed by atoms with van der Waals surface area (Å²) in [4.78, 5) is 7.86. The summed E-state index contributed by atoms with van der Waals surface area (Å²) in [5, 5.41) is 8.56. The summed E-state index contributed by atoms with van der Waals surface area (Å²) in [5.41, 5.74) is 3.09. The number of hydrogen-bond donors (Lipinski definition) is 1. The maximum atomic E-state index is 14.8. The molecule has 3 aromatic rings. The molecule has 4 fully saturated rings. The van der Waals surface area contributed by atoms with Crippen molar-refractivity contribution >= 4 is 27.0 Å². The maximum absolute atomic E-state index is 14.8. The highest BCUT2D eigenvalue weighted by atomic mass is 32.2. The van der Waals surface area contributed by atoms with E-state index in [4.69, 9.17) is 16.4 Å². The summed E-state index contributed by atoms with van der Waals surface area (Å²) >= 11 is 0. The number of ether oxygens (including phenoxy) is 1. The quantitative estimate of drug-likeness (QED) is 0.362. The molecule has 1 N–H and O–H groups in total. The molecule has 0 amide bonds. The zero-order valence-electron chi connectivity index (χ0n) is 24.1. The van der Waals surface area contributed by atoms with E-state index >= 15 is 0 Å². The number of nitrogens with zero attached hydrogens (tertiary/aromatic N) is 5. The zero-order chi connectivity index (χ0) is 29.5. The molecule has 4 saturated heterocycles. The molecule has 9 nitrogen and oxygen atoms in total. The Morgan fingerprint density at radius 2 is 1.76 bits per heavy atom. The fourth-order valence-corrected chi connectivity index (χ4v) is 7.45. The number of piperidine rings is 3. The van der Waals surface area contributed by atoms with Gasteiger partial charge in [0.2, 0.25) is 5.69 Å². The van der Waals surface area contributed by atoms with Crippen molar-refractivity contribution in [2.24, 2.45) is 5.41 Å². The van der Waals surface area contributed by atoms with Crippen LogP contribution in [-0.2, 0) is 9.84 Å². The average molecular weight is 593 g/mol. The summed E-state index contributed by atoms with van der Waals surface area (Å²) in [5.74, 6) is 0.969. The van der Waals surface area contributed by atoms with Crippen LogP contribution in [0.3, 0.4) is 0 Å². The van der Waals surface area contributed by atoms with Crippen LogP contribution in [0, 0.1) is 17.8 Å². The minimum atomic E-state index is -3.01. The van der Waals surface area contributed by atoms with Crippen LogP contribution in [0.4, 0.5) is 21.6 Å². The van der Waals surface area contributed by atoms with E-state index in [0.29, 0.717) is 41.6 Å². The first-order valence-electron chi connectivity index (χ1n) is 14.6. The number of rotatable bonds is 8. The van der Waals surface area contributed by atoms with Gasteiger partial charge in [-0.2, -0.15) is 0 Å². The van der Waals surface area contributed by atoms with E-state index in [1.807, 2.05) is 38.1 Å². The van der Waals surface area contributed by atoms with Crippen LogP contribution in [0.25, 0.3) is 21.8 Å². The van der Waals surface area contributed by atoms with Gasteiger partial charge in [-0.05, 0) is 76.4 Å². The number of fused-ring (bicyclic) bond motifs is 3. The molecule has 0 atom stereocenters. The summed E-state index contributed by atoms with van der Waals surface area (Å²) in [6, 6.07) is 12.4. The molecule has 42 heavy (non-hydrogen) atoms. The highest BCUT2D eigenvalue weighted by molar-refractivity contribution is 7.91. The van der Waals surface area contributed by atoms with Crippen molar-refractivity contribution in [3.05, 3.63) is 59.7 Å². The SMILES string of the molecule is [C-]#[N+]c1ccc(-c2cc(NCC34CCN(CC3)CC4)nn2-c2ccc(N3CCS(=O)(=O)CC3)cc2OC(C)C)cc1F. The first-order valence-corrected chi connectivity index (χ1v) is 16.5. The Labute approximate surface area is 247 Å². The normalized spacial score (nSPS) is 23.1. The van der Waals surface area contributed by atoms with Gasteiger partial charge in [-0.1, -0.05) is 12.1 Å². The Morgan fingerprint density at radius 1 is 1.05 bits per heavy atom. The van der Waals surface area contributed by atoms with Crippen molar-refractivity contribution in [1.29, 1.82) is 0 Å². The Bertz CT molecular complexity index is 1590. The maximum Gasteiger partial charge on any atom is 0.222 e. The number of anilines is 2. The lowest BCUT2D eigenvalue weighted by Gasteiger charge is -2.48. The molecule has 0 unspecified atom stereocenters. The van der Waals surface area contributed by atoms with Crippen LogP contribution in [0.15, 0.2) is 42.5 Å². The lowest BCUT2D eigenvalue weighted by molar-refractivity contribution is 0.0360. The molecule has 7 rings (SSSR count). The standard InChI is InChI=1S/C31H37FN6O3S/c1-22(2)41-29-19-24(37-14-16-42(39,40)17-15-37)5-7-27(29)38-28(23-4-6-26(33-3)25(32)18-23)20-30(35-38)34-21-31-8-11-36(12-9-31)13-10-31/h4-7,18-20,22H,8-17,21H2,1-2H3,(H,34,35). The number of sulfone groups is 1. The Balaban J connectivity index is 1.38. The van der Waals surface area contributed by atoms with Crippen molar-refractivity contribution in [2.45, 2.75) is 39.2 Å². The van der Waals surface area contributed by atoms with Crippen molar-refractivity contribution < 1.29 is 17.5 Å². The minimum absolute atomic E-state index is 0.0253. The van der Waals surface area contributed by atoms with Crippen LogP contribution in [0.1, 0.15) is 33.1 Å². The largest absolute Gasteiger partial charge is 0.489 e. The molecule has 222 valence electrons. The predicted octanol–water partition coefficient (Wildman–Crippen LogP) is 5.15. The van der Waals surface area contributed by atoms with Crippen LogP contribution in [-0.4, -0.2) is 80.0 Å². The third-order valence-corrected chi connectivity index (χ3v) is 10.4. The molecular weight excluding hydrogens is 555 g/mol. The second-order valence-corrected chi connectivity index (χ2v) is 14.3. The van der Waals surface area contributed by atoms with E-state index in [0.717, 1.165) is 31.9 Å². The molecule has 4 aliphatic heterocycles. The second kappa shape index (κ2) is 11.2. The summed E-state index contributed by atoms with van der Waals surface area (Å²) in [6.07, 6.45) is 3.39. The van der Waals surface area contributed by atoms with Crippen molar-refractivity contribution in [3.63, 3.8) is 0 Å². The van der Waals surface area contributed by atoms with E-state index in [1.165, 1.54) is 31.4 Å². The summed E-state index contributed by atoms with van der Waals surface area (Å²) in [7, 11) is -3.01. The highest BCUT2D eigenvalue weighted by Gasteiger charge is 2.39. The lowest BCUT2D eigenvalue weighted by atomic mass is 9.72. The molecule has 0 saturated carbocycles. The number of halogens is 1. The first-order chi connectivity index (χ1) is 20.1. The molecule has 0 spiro atoms. The summed E-state index contributed by atoms with van der Waals surface area (Å²) < 4.78 is 46.9. The van der Waals surface area contributed by atoms with Gasteiger partial charge in [-0.3, -0.25) is 0 Å². The fraction of sp³-hybridized carbons (Fsp3) is 0.484. The average Bonchev–Trinajstić information content (AvgIpc) is 3.41. The fourth-order valence-electron chi connectivity index (χ4n) is 6.25.